The number of amides is 1. The van der Waals surface area contributed by atoms with Gasteiger partial charge in [-0.15, -0.1) is 0 Å². The van der Waals surface area contributed by atoms with Crippen LogP contribution in [0.3, 0.4) is 0 Å². The predicted octanol–water partition coefficient (Wildman–Crippen LogP) is 3.81. The molecule has 6 heteroatoms. The normalized spacial score (nSPS) is 15.8. The predicted molar refractivity (Wildman–Crippen MR) is 126 cm³/mol. The highest BCUT2D eigenvalue weighted by molar-refractivity contribution is 5.94. The van der Waals surface area contributed by atoms with Crippen molar-refractivity contribution < 1.29 is 9.53 Å². The molecule has 4 rings (SSSR count). The van der Waals surface area contributed by atoms with E-state index in [0.29, 0.717) is 6.61 Å². The molecule has 0 aliphatic carbocycles. The Hall–Kier alpha value is -3.22. The number of carbonyl (C=O) groups excluding carboxylic acids is 1. The average Bonchev–Trinajstić information content (AvgIpc) is 2.85. The first-order chi connectivity index (χ1) is 15.7. The molecule has 1 atom stereocenters. The number of ether oxygens (including phenoxy) is 1. The van der Waals surface area contributed by atoms with E-state index in [0.717, 1.165) is 49.7 Å². The number of benzene rings is 2. The van der Waals surface area contributed by atoms with Crippen LogP contribution in [0, 0.1) is 0 Å². The molecule has 3 aromatic rings. The van der Waals surface area contributed by atoms with Crippen molar-refractivity contribution in [2.24, 2.45) is 0 Å². The Morgan fingerprint density at radius 3 is 2.31 bits per heavy atom. The van der Waals surface area contributed by atoms with Gasteiger partial charge in [-0.25, -0.2) is 0 Å². The lowest BCUT2D eigenvalue weighted by molar-refractivity contribution is -0.121. The van der Waals surface area contributed by atoms with Gasteiger partial charge in [0.05, 0.1) is 6.04 Å². The van der Waals surface area contributed by atoms with Gasteiger partial charge in [0.15, 0.2) is 0 Å². The highest BCUT2D eigenvalue weighted by Gasteiger charge is 2.25. The van der Waals surface area contributed by atoms with E-state index in [4.69, 9.17) is 4.74 Å². The van der Waals surface area contributed by atoms with Crippen LogP contribution in [0.25, 0.3) is 0 Å². The van der Waals surface area contributed by atoms with Crippen LogP contribution in [0.2, 0.25) is 0 Å². The number of nitrogens with one attached hydrogen (secondary N) is 1. The van der Waals surface area contributed by atoms with Gasteiger partial charge in [0.2, 0.25) is 5.91 Å². The summed E-state index contributed by atoms with van der Waals surface area (Å²) in [6.07, 6.45) is 3.67. The summed E-state index contributed by atoms with van der Waals surface area (Å²) in [6.45, 7) is 7.09. The monoisotopic (exact) mass is 430 g/mol. The third-order valence-corrected chi connectivity index (χ3v) is 5.86. The Morgan fingerprint density at radius 1 is 0.938 bits per heavy atom. The molecule has 1 N–H and O–H groups in total. The maximum atomic E-state index is 12.8. The molecule has 1 aromatic heterocycles. The number of rotatable bonds is 8. The van der Waals surface area contributed by atoms with Gasteiger partial charge in [-0.3, -0.25) is 19.6 Å². The van der Waals surface area contributed by atoms with E-state index < -0.39 is 0 Å². The molecule has 1 fully saturated rings. The number of pyridine rings is 1. The van der Waals surface area contributed by atoms with E-state index in [2.05, 4.69) is 32.2 Å². The Labute approximate surface area is 189 Å². The fourth-order valence-electron chi connectivity index (χ4n) is 3.84. The summed E-state index contributed by atoms with van der Waals surface area (Å²) in [5, 5.41) is 3.03. The van der Waals surface area contributed by atoms with Gasteiger partial charge >= 0.3 is 0 Å². The van der Waals surface area contributed by atoms with Gasteiger partial charge < -0.3 is 10.1 Å². The number of hydrogen-bond acceptors (Lipinski definition) is 5. The van der Waals surface area contributed by atoms with Crippen molar-refractivity contribution in [3.8, 4) is 5.75 Å². The van der Waals surface area contributed by atoms with E-state index in [1.807, 2.05) is 73.9 Å². The van der Waals surface area contributed by atoms with Crippen molar-refractivity contribution in [1.82, 2.24) is 14.8 Å². The molecule has 32 heavy (non-hydrogen) atoms. The van der Waals surface area contributed by atoms with Crippen LogP contribution in [0.4, 0.5) is 5.69 Å². The lowest BCUT2D eigenvalue weighted by Crippen LogP contribution is -2.52. The summed E-state index contributed by atoms with van der Waals surface area (Å²) in [4.78, 5) is 21.5. The number of carbonyl (C=O) groups is 1. The molecule has 0 saturated carbocycles. The smallest absolute Gasteiger partial charge is 0.241 e. The molecule has 1 unspecified atom stereocenters. The molecule has 2 heterocycles. The topological polar surface area (TPSA) is 57.7 Å². The zero-order chi connectivity index (χ0) is 22.2. The van der Waals surface area contributed by atoms with Crippen LogP contribution in [-0.4, -0.2) is 52.9 Å². The second-order valence-electron chi connectivity index (χ2n) is 8.13. The van der Waals surface area contributed by atoms with Crippen LogP contribution < -0.4 is 10.1 Å². The molecule has 1 amide bonds. The van der Waals surface area contributed by atoms with E-state index in [9.17, 15) is 4.79 Å². The van der Waals surface area contributed by atoms with Gasteiger partial charge in [0.1, 0.15) is 12.4 Å². The highest BCUT2D eigenvalue weighted by Crippen LogP contribution is 2.18. The van der Waals surface area contributed by atoms with Crippen LogP contribution in [0.5, 0.6) is 5.75 Å². The van der Waals surface area contributed by atoms with Crippen LogP contribution >= 0.6 is 0 Å². The van der Waals surface area contributed by atoms with Gasteiger partial charge in [-0.05, 0) is 54.4 Å². The summed E-state index contributed by atoms with van der Waals surface area (Å²) in [7, 11) is 0. The summed E-state index contributed by atoms with van der Waals surface area (Å²) >= 11 is 0. The fraction of sp³-hybridized carbons (Fsp3) is 0.308. The number of nitrogens with zero attached hydrogens (tertiary/aromatic N) is 3. The zero-order valence-electron chi connectivity index (χ0n) is 18.5. The molecular weight excluding hydrogens is 400 g/mol. The second-order valence-corrected chi connectivity index (χ2v) is 8.13. The van der Waals surface area contributed by atoms with Gasteiger partial charge in [-0.2, -0.15) is 0 Å². The summed E-state index contributed by atoms with van der Waals surface area (Å²) in [6, 6.07) is 21.6. The van der Waals surface area contributed by atoms with E-state index >= 15 is 0 Å². The van der Waals surface area contributed by atoms with Crippen molar-refractivity contribution in [3.05, 3.63) is 90.3 Å². The fourth-order valence-corrected chi connectivity index (χ4v) is 3.84. The minimum atomic E-state index is -0.174. The zero-order valence-corrected chi connectivity index (χ0v) is 18.5. The average molecular weight is 431 g/mol. The molecule has 0 radical (unpaired) electrons. The van der Waals surface area contributed by atoms with Gasteiger partial charge in [0, 0.05) is 50.8 Å². The molecular formula is C26H30N4O2. The molecule has 166 valence electrons. The molecule has 1 aliphatic rings. The van der Waals surface area contributed by atoms with E-state index in [1.165, 1.54) is 5.56 Å². The Bertz CT molecular complexity index is 972. The first-order valence-electron chi connectivity index (χ1n) is 11.1. The van der Waals surface area contributed by atoms with Gasteiger partial charge in [0.25, 0.3) is 0 Å². The minimum absolute atomic E-state index is 0.0190. The third-order valence-electron chi connectivity index (χ3n) is 5.86. The lowest BCUT2D eigenvalue weighted by atomic mass is 10.2. The number of aromatic nitrogens is 1. The Kier molecular flexibility index (Phi) is 7.48. The molecule has 1 saturated heterocycles. The summed E-state index contributed by atoms with van der Waals surface area (Å²) < 4.78 is 5.82. The first kappa shape index (κ1) is 22.0. The molecule has 6 nitrogen and oxygen atoms in total. The Balaban J connectivity index is 1.22. The molecule has 0 spiro atoms. The van der Waals surface area contributed by atoms with Crippen molar-refractivity contribution >= 4 is 11.6 Å². The Morgan fingerprint density at radius 2 is 1.62 bits per heavy atom. The standard InChI is InChI=1S/C26H30N4O2/c1-21(30-17-15-29(16-18-30)19-22-11-13-27-14-12-22)26(31)28-24-7-9-25(10-8-24)32-20-23-5-3-2-4-6-23/h2-14,21H,15-20H2,1H3,(H,28,31). The van der Waals surface area contributed by atoms with Crippen molar-refractivity contribution in [2.45, 2.75) is 26.1 Å². The third kappa shape index (κ3) is 6.15. The minimum Gasteiger partial charge on any atom is -0.489 e. The molecule has 1 aliphatic heterocycles. The van der Waals surface area contributed by atoms with Crippen molar-refractivity contribution in [3.63, 3.8) is 0 Å². The highest BCUT2D eigenvalue weighted by atomic mass is 16.5. The maximum Gasteiger partial charge on any atom is 0.241 e. The van der Waals surface area contributed by atoms with Crippen LogP contribution in [0.15, 0.2) is 79.1 Å². The molecule has 0 bridgehead atoms. The van der Waals surface area contributed by atoms with E-state index in [-0.39, 0.29) is 11.9 Å². The number of piperazine rings is 1. The first-order valence-corrected chi connectivity index (χ1v) is 11.1. The van der Waals surface area contributed by atoms with Crippen molar-refractivity contribution in [1.29, 1.82) is 0 Å². The number of anilines is 1. The summed E-state index contributed by atoms with van der Waals surface area (Å²) in [5.74, 6) is 0.802. The number of hydrogen-bond donors (Lipinski definition) is 1. The largest absolute Gasteiger partial charge is 0.489 e. The van der Waals surface area contributed by atoms with Gasteiger partial charge in [-0.1, -0.05) is 30.3 Å². The SMILES string of the molecule is CC(C(=O)Nc1ccc(OCc2ccccc2)cc1)N1CCN(Cc2ccncc2)CC1. The summed E-state index contributed by atoms with van der Waals surface area (Å²) in [5.41, 5.74) is 3.18. The van der Waals surface area contributed by atoms with E-state index in [1.54, 1.807) is 0 Å². The quantitative estimate of drug-likeness (QED) is 0.589. The molecule has 2 aromatic carbocycles. The maximum absolute atomic E-state index is 12.8. The van der Waals surface area contributed by atoms with Crippen molar-refractivity contribution in [2.75, 3.05) is 31.5 Å². The van der Waals surface area contributed by atoms with Crippen LogP contribution in [-0.2, 0) is 17.9 Å². The lowest BCUT2D eigenvalue weighted by Gasteiger charge is -2.37. The van der Waals surface area contributed by atoms with Crippen LogP contribution in [0.1, 0.15) is 18.1 Å². The second kappa shape index (κ2) is 10.9.